The maximum Gasteiger partial charge on any atom is 0.417 e. The number of alkyl halides is 3. The van der Waals surface area contributed by atoms with Gasteiger partial charge in [0.05, 0.1) is 34.6 Å². The highest BCUT2D eigenvalue weighted by atomic mass is 35.5. The number of esters is 1. The highest BCUT2D eigenvalue weighted by Gasteiger charge is 2.32. The van der Waals surface area contributed by atoms with E-state index in [0.29, 0.717) is 22.7 Å². The number of fused-ring (bicyclic) bond motifs is 1. The highest BCUT2D eigenvalue weighted by Crippen LogP contribution is 2.34. The maximum absolute atomic E-state index is 13.2. The lowest BCUT2D eigenvalue weighted by atomic mass is 10.1. The molecule has 9 heteroatoms. The topological polar surface area (TPSA) is 52.8 Å². The Balaban J connectivity index is 1.97. The van der Waals surface area contributed by atoms with Crippen LogP contribution in [-0.2, 0) is 17.5 Å². The number of nitrogens with zero attached hydrogens (tertiary/aromatic N) is 2. The van der Waals surface area contributed by atoms with Gasteiger partial charge >= 0.3 is 12.1 Å². The molecular weight excluding hydrogens is 409 g/mol. The third kappa shape index (κ3) is 4.32. The fourth-order valence-electron chi connectivity index (χ4n) is 2.87. The summed E-state index contributed by atoms with van der Waals surface area (Å²) in [5.74, 6) is -0.148. The lowest BCUT2D eigenvalue weighted by molar-refractivity contribution is -0.137. The molecule has 0 amide bonds. The van der Waals surface area contributed by atoms with Crippen molar-refractivity contribution < 1.29 is 27.4 Å². The Hall–Kier alpha value is -2.74. The summed E-state index contributed by atoms with van der Waals surface area (Å²) in [4.78, 5) is 16.7. The minimum Gasteiger partial charge on any atom is -0.497 e. The number of hydrogen-bond donors (Lipinski definition) is 0. The van der Waals surface area contributed by atoms with E-state index in [1.807, 2.05) is 13.8 Å². The zero-order chi connectivity index (χ0) is 21.3. The molecule has 0 bridgehead atoms. The van der Waals surface area contributed by atoms with Crippen molar-refractivity contribution in [2.75, 3.05) is 7.11 Å². The molecule has 2 heterocycles. The third-order valence-electron chi connectivity index (χ3n) is 4.34. The summed E-state index contributed by atoms with van der Waals surface area (Å²) in [5.41, 5.74) is 0.405. The Kier molecular flexibility index (Phi) is 5.75. The van der Waals surface area contributed by atoms with Crippen molar-refractivity contribution in [1.29, 1.82) is 0 Å². The second-order valence-electron chi connectivity index (χ2n) is 6.67. The highest BCUT2D eigenvalue weighted by molar-refractivity contribution is 6.33. The number of rotatable bonds is 5. The first-order valence-corrected chi connectivity index (χ1v) is 9.08. The first-order chi connectivity index (χ1) is 13.6. The standard InChI is InChI=1S/C20H18ClF3N2O3/c1-11(2)17-16(10-29-19(27)12-4-6-14(28-3)7-5-12)26-9-13(20(22,23)24)8-15(21)18(26)25-17/h4-9,11H,10H2,1-3H3. The van der Waals surface area contributed by atoms with Crippen molar-refractivity contribution in [2.24, 2.45) is 0 Å². The minimum absolute atomic E-state index is 0.116. The van der Waals surface area contributed by atoms with Gasteiger partial charge in [-0.25, -0.2) is 9.78 Å². The van der Waals surface area contributed by atoms with Gasteiger partial charge in [-0.05, 0) is 36.2 Å². The lowest BCUT2D eigenvalue weighted by Gasteiger charge is -2.11. The number of hydrogen-bond acceptors (Lipinski definition) is 4. The SMILES string of the molecule is COc1ccc(C(=O)OCc2c(C(C)C)nc3c(Cl)cc(C(F)(F)F)cn23)cc1. The Labute approximate surface area is 170 Å². The van der Waals surface area contributed by atoms with Crippen LogP contribution in [0.3, 0.4) is 0 Å². The predicted octanol–water partition coefficient (Wildman–Crippen LogP) is 5.50. The summed E-state index contributed by atoms with van der Waals surface area (Å²) in [6.07, 6.45) is -3.66. The molecule has 0 spiro atoms. The zero-order valence-corrected chi connectivity index (χ0v) is 16.6. The summed E-state index contributed by atoms with van der Waals surface area (Å²) in [6, 6.07) is 7.13. The smallest absolute Gasteiger partial charge is 0.417 e. The number of methoxy groups -OCH3 is 1. The Morgan fingerprint density at radius 1 is 1.24 bits per heavy atom. The van der Waals surface area contributed by atoms with Gasteiger partial charge in [-0.2, -0.15) is 13.2 Å². The van der Waals surface area contributed by atoms with Crippen LogP contribution in [-0.4, -0.2) is 22.5 Å². The van der Waals surface area contributed by atoms with Crippen LogP contribution in [0.25, 0.3) is 5.65 Å². The molecule has 0 fully saturated rings. The Bertz CT molecular complexity index is 1040. The first kappa shape index (κ1) is 21.0. The zero-order valence-electron chi connectivity index (χ0n) is 15.9. The van der Waals surface area contributed by atoms with Crippen LogP contribution in [0.15, 0.2) is 36.5 Å². The molecule has 1 aromatic carbocycles. The molecule has 0 aliphatic heterocycles. The summed E-state index contributed by atoms with van der Waals surface area (Å²) >= 11 is 6.04. The number of carbonyl (C=O) groups excluding carboxylic acids is 1. The molecule has 154 valence electrons. The van der Waals surface area contributed by atoms with Crippen LogP contribution in [0.4, 0.5) is 13.2 Å². The molecule has 0 N–H and O–H groups in total. The fourth-order valence-corrected chi connectivity index (χ4v) is 3.12. The molecule has 5 nitrogen and oxygen atoms in total. The van der Waals surface area contributed by atoms with Crippen molar-refractivity contribution >= 4 is 23.2 Å². The number of benzene rings is 1. The van der Waals surface area contributed by atoms with Gasteiger partial charge in [-0.3, -0.25) is 4.40 Å². The van der Waals surface area contributed by atoms with E-state index < -0.39 is 17.7 Å². The predicted molar refractivity (Wildman–Crippen MR) is 101 cm³/mol. The normalized spacial score (nSPS) is 11.9. The molecule has 0 aliphatic rings. The van der Waals surface area contributed by atoms with E-state index in [2.05, 4.69) is 4.98 Å². The van der Waals surface area contributed by atoms with E-state index in [1.165, 1.54) is 23.6 Å². The van der Waals surface area contributed by atoms with Crippen molar-refractivity contribution in [3.8, 4) is 5.75 Å². The summed E-state index contributed by atoms with van der Waals surface area (Å²) in [5, 5.41) is -0.130. The number of pyridine rings is 1. The molecule has 3 rings (SSSR count). The van der Waals surface area contributed by atoms with E-state index in [-0.39, 0.29) is 23.2 Å². The molecule has 0 saturated heterocycles. The van der Waals surface area contributed by atoms with Gasteiger partial charge in [0.25, 0.3) is 0 Å². The van der Waals surface area contributed by atoms with Gasteiger partial charge in [-0.1, -0.05) is 25.4 Å². The van der Waals surface area contributed by atoms with Crippen molar-refractivity contribution in [3.63, 3.8) is 0 Å². The maximum atomic E-state index is 13.2. The second-order valence-corrected chi connectivity index (χ2v) is 7.08. The quantitative estimate of drug-likeness (QED) is 0.506. The van der Waals surface area contributed by atoms with Gasteiger partial charge in [0, 0.05) is 6.20 Å². The van der Waals surface area contributed by atoms with Gasteiger partial charge in [-0.15, -0.1) is 0 Å². The van der Waals surface area contributed by atoms with Gasteiger partial charge in [0.15, 0.2) is 5.65 Å². The summed E-state index contributed by atoms with van der Waals surface area (Å²) in [6.45, 7) is 3.43. The van der Waals surface area contributed by atoms with Gasteiger partial charge in [0.2, 0.25) is 0 Å². The number of halogens is 4. The Morgan fingerprint density at radius 2 is 1.90 bits per heavy atom. The molecule has 29 heavy (non-hydrogen) atoms. The van der Waals surface area contributed by atoms with E-state index in [4.69, 9.17) is 21.1 Å². The molecule has 0 aliphatic carbocycles. The lowest BCUT2D eigenvalue weighted by Crippen LogP contribution is -2.10. The van der Waals surface area contributed by atoms with Gasteiger partial charge in [0.1, 0.15) is 12.4 Å². The van der Waals surface area contributed by atoms with Crippen LogP contribution >= 0.6 is 11.6 Å². The van der Waals surface area contributed by atoms with E-state index in [9.17, 15) is 18.0 Å². The molecule has 0 atom stereocenters. The second kappa shape index (κ2) is 7.94. The molecule has 0 unspecified atom stereocenters. The van der Waals surface area contributed by atoms with E-state index in [0.717, 1.165) is 12.3 Å². The fraction of sp³-hybridized carbons (Fsp3) is 0.300. The Morgan fingerprint density at radius 3 is 2.45 bits per heavy atom. The number of carbonyl (C=O) groups is 1. The number of imidazole rings is 1. The van der Waals surface area contributed by atoms with Crippen LogP contribution in [0.1, 0.15) is 47.1 Å². The largest absolute Gasteiger partial charge is 0.497 e. The average molecular weight is 427 g/mol. The van der Waals surface area contributed by atoms with Crippen LogP contribution in [0.2, 0.25) is 5.02 Å². The number of aromatic nitrogens is 2. The van der Waals surface area contributed by atoms with Crippen molar-refractivity contribution in [1.82, 2.24) is 9.38 Å². The molecule has 2 aromatic heterocycles. The van der Waals surface area contributed by atoms with Crippen LogP contribution < -0.4 is 4.74 Å². The van der Waals surface area contributed by atoms with E-state index >= 15 is 0 Å². The monoisotopic (exact) mass is 426 g/mol. The summed E-state index contributed by atoms with van der Waals surface area (Å²) < 4.78 is 51.2. The average Bonchev–Trinajstić information content (AvgIpc) is 3.05. The summed E-state index contributed by atoms with van der Waals surface area (Å²) in [7, 11) is 1.51. The molecular formula is C20H18ClF3N2O3. The van der Waals surface area contributed by atoms with E-state index in [1.54, 1.807) is 12.1 Å². The molecule has 0 radical (unpaired) electrons. The molecule has 3 aromatic rings. The first-order valence-electron chi connectivity index (χ1n) is 8.70. The van der Waals surface area contributed by atoms with Crippen molar-refractivity contribution in [3.05, 3.63) is 64.1 Å². The van der Waals surface area contributed by atoms with Crippen LogP contribution in [0, 0.1) is 0 Å². The molecule has 0 saturated carbocycles. The van der Waals surface area contributed by atoms with Crippen LogP contribution in [0.5, 0.6) is 5.75 Å². The van der Waals surface area contributed by atoms with Gasteiger partial charge < -0.3 is 9.47 Å². The third-order valence-corrected chi connectivity index (χ3v) is 4.62. The minimum atomic E-state index is -4.57. The van der Waals surface area contributed by atoms with Crippen molar-refractivity contribution in [2.45, 2.75) is 32.5 Å². The number of ether oxygens (including phenoxy) is 2.